The van der Waals surface area contributed by atoms with Gasteiger partial charge in [-0.15, -0.1) is 0 Å². The first-order valence-electron chi connectivity index (χ1n) is 13.1. The average molecular weight is 551 g/mol. The maximum absolute atomic E-state index is 12.2. The quantitative estimate of drug-likeness (QED) is 0.303. The van der Waals surface area contributed by atoms with E-state index in [1.165, 1.54) is 0 Å². The minimum atomic E-state index is -0.941. The summed E-state index contributed by atoms with van der Waals surface area (Å²) < 4.78 is 5.36. The Morgan fingerprint density at radius 1 is 1.03 bits per heavy atom. The highest BCUT2D eigenvalue weighted by Crippen LogP contribution is 2.38. The second-order valence-electron chi connectivity index (χ2n) is 10.9. The van der Waals surface area contributed by atoms with Crippen molar-refractivity contribution in [3.05, 3.63) is 88.4 Å². The molecule has 7 nitrogen and oxygen atoms in total. The summed E-state index contributed by atoms with van der Waals surface area (Å²) in [6, 6.07) is 20.3. The van der Waals surface area contributed by atoms with Crippen molar-refractivity contribution in [2.75, 3.05) is 18.0 Å². The number of carbonyl (C=O) groups is 2. The summed E-state index contributed by atoms with van der Waals surface area (Å²) in [5.74, 6) is -0.900. The average Bonchev–Trinajstić information content (AvgIpc) is 2.91. The number of nitrogens with zero attached hydrogens (tertiary/aromatic N) is 1. The lowest BCUT2D eigenvalue weighted by Gasteiger charge is -2.36. The smallest absolute Gasteiger partial charge is 0.407 e. The first kappa shape index (κ1) is 28.5. The molecule has 1 amide bonds. The predicted molar refractivity (Wildman–Crippen MR) is 153 cm³/mol. The number of anilines is 1. The first-order valence-corrected chi connectivity index (χ1v) is 13.5. The van der Waals surface area contributed by atoms with Crippen LogP contribution in [0.2, 0.25) is 5.02 Å². The monoisotopic (exact) mass is 550 g/mol. The summed E-state index contributed by atoms with van der Waals surface area (Å²) in [5, 5.41) is 24.2. The molecule has 1 heterocycles. The molecule has 4 rings (SSSR count). The molecule has 0 bridgehead atoms. The summed E-state index contributed by atoms with van der Waals surface area (Å²) in [6.07, 6.45) is 0.369. The Balaban J connectivity index is 1.51. The van der Waals surface area contributed by atoms with Crippen LogP contribution in [-0.2, 0) is 11.3 Å². The minimum absolute atomic E-state index is 0.0414. The molecule has 1 fully saturated rings. The molecule has 8 heteroatoms. The fraction of sp³-hybridized carbons (Fsp3) is 0.355. The van der Waals surface area contributed by atoms with Gasteiger partial charge in [-0.1, -0.05) is 41.9 Å². The van der Waals surface area contributed by atoms with Gasteiger partial charge >= 0.3 is 12.1 Å². The van der Waals surface area contributed by atoms with Crippen LogP contribution in [0.4, 0.5) is 10.5 Å². The zero-order valence-electron chi connectivity index (χ0n) is 22.5. The molecule has 0 aromatic heterocycles. The highest BCUT2D eigenvalue weighted by atomic mass is 35.5. The molecule has 206 valence electrons. The van der Waals surface area contributed by atoms with E-state index >= 15 is 0 Å². The number of aromatic carboxylic acids is 1. The van der Waals surface area contributed by atoms with E-state index < -0.39 is 23.8 Å². The third-order valence-electron chi connectivity index (χ3n) is 6.89. The van der Waals surface area contributed by atoms with Crippen LogP contribution in [0.25, 0.3) is 11.1 Å². The highest BCUT2D eigenvalue weighted by Gasteiger charge is 2.28. The van der Waals surface area contributed by atoms with Crippen LogP contribution in [0, 0.1) is 5.92 Å². The number of aliphatic hydroxyl groups is 1. The number of aliphatic hydroxyl groups excluding tert-OH is 1. The minimum Gasteiger partial charge on any atom is -0.478 e. The van der Waals surface area contributed by atoms with E-state index in [9.17, 15) is 14.7 Å². The van der Waals surface area contributed by atoms with Crippen molar-refractivity contribution in [2.24, 2.45) is 5.92 Å². The number of alkyl carbamates (subject to hydrolysis) is 1. The summed E-state index contributed by atoms with van der Waals surface area (Å²) >= 11 is 6.12. The zero-order chi connectivity index (χ0) is 28.2. The molecule has 0 spiro atoms. The van der Waals surface area contributed by atoms with Crippen molar-refractivity contribution in [2.45, 2.75) is 51.9 Å². The largest absolute Gasteiger partial charge is 0.478 e. The Labute approximate surface area is 234 Å². The van der Waals surface area contributed by atoms with E-state index in [1.54, 1.807) is 12.1 Å². The summed E-state index contributed by atoms with van der Waals surface area (Å²) in [5.41, 5.74) is 4.21. The second kappa shape index (κ2) is 12.1. The lowest BCUT2D eigenvalue weighted by atomic mass is 9.83. The molecule has 0 radical (unpaired) electrons. The number of amides is 1. The fourth-order valence-electron chi connectivity index (χ4n) is 4.89. The molecule has 3 aromatic rings. The first-order chi connectivity index (χ1) is 18.5. The number of nitrogens with one attached hydrogen (secondary N) is 1. The number of halogens is 1. The standard InChI is InChI=1S/C31H35ClN2O5/c1-31(2,3)39-30(38)33-19-20-4-13-26(21-5-9-24(32)10-6-21)27(18-20)28(35)22-14-16-34(17-15-22)25-11-7-23(8-12-25)29(36)37/h4-13,18,22,28,35H,14-17,19H2,1-3H3,(H,33,38)(H,36,37). The van der Waals surface area contributed by atoms with Gasteiger partial charge in [0.1, 0.15) is 5.60 Å². The molecule has 1 saturated heterocycles. The van der Waals surface area contributed by atoms with Gasteiger partial charge in [0.15, 0.2) is 0 Å². The maximum atomic E-state index is 12.2. The van der Waals surface area contributed by atoms with Crippen molar-refractivity contribution in [1.82, 2.24) is 5.32 Å². The number of benzene rings is 3. The van der Waals surface area contributed by atoms with E-state index in [-0.39, 0.29) is 18.0 Å². The van der Waals surface area contributed by atoms with Gasteiger partial charge in [0.05, 0.1) is 11.7 Å². The summed E-state index contributed by atoms with van der Waals surface area (Å²) in [6.45, 7) is 7.24. The van der Waals surface area contributed by atoms with Crippen LogP contribution >= 0.6 is 11.6 Å². The van der Waals surface area contributed by atoms with Crippen molar-refractivity contribution in [3.8, 4) is 11.1 Å². The van der Waals surface area contributed by atoms with Crippen molar-refractivity contribution < 1.29 is 24.5 Å². The van der Waals surface area contributed by atoms with E-state index in [2.05, 4.69) is 10.2 Å². The van der Waals surface area contributed by atoms with E-state index in [0.29, 0.717) is 5.02 Å². The topological polar surface area (TPSA) is 99.1 Å². The second-order valence-corrected chi connectivity index (χ2v) is 11.3. The van der Waals surface area contributed by atoms with Gasteiger partial charge in [-0.25, -0.2) is 9.59 Å². The Morgan fingerprint density at radius 3 is 2.26 bits per heavy atom. The lowest BCUT2D eigenvalue weighted by molar-refractivity contribution is 0.0523. The predicted octanol–water partition coefficient (Wildman–Crippen LogP) is 6.68. The maximum Gasteiger partial charge on any atom is 0.407 e. The van der Waals surface area contributed by atoms with Crippen LogP contribution in [0.5, 0.6) is 0 Å². The molecular weight excluding hydrogens is 516 g/mol. The van der Waals surface area contributed by atoms with E-state index in [4.69, 9.17) is 21.4 Å². The molecule has 0 saturated carbocycles. The van der Waals surface area contributed by atoms with Gasteiger partial charge in [0, 0.05) is 30.3 Å². The number of carboxylic acids is 1. The van der Waals surface area contributed by atoms with Gasteiger partial charge < -0.3 is 25.2 Å². The molecule has 39 heavy (non-hydrogen) atoms. The van der Waals surface area contributed by atoms with Gasteiger partial charge in [-0.2, -0.15) is 0 Å². The Bertz CT molecular complexity index is 1290. The molecule has 1 atom stereocenters. The van der Waals surface area contributed by atoms with Gasteiger partial charge in [0.2, 0.25) is 0 Å². The molecule has 1 aliphatic rings. The Hall–Kier alpha value is -3.55. The molecule has 1 aliphatic heterocycles. The van der Waals surface area contributed by atoms with E-state index in [0.717, 1.165) is 53.9 Å². The normalized spacial score (nSPS) is 15.1. The number of hydrogen-bond donors (Lipinski definition) is 3. The third-order valence-corrected chi connectivity index (χ3v) is 7.14. The highest BCUT2D eigenvalue weighted by molar-refractivity contribution is 6.30. The van der Waals surface area contributed by atoms with Crippen LogP contribution < -0.4 is 10.2 Å². The van der Waals surface area contributed by atoms with Crippen molar-refractivity contribution >= 4 is 29.4 Å². The number of hydrogen-bond acceptors (Lipinski definition) is 5. The van der Waals surface area contributed by atoms with Gasteiger partial charge in [-0.3, -0.25) is 0 Å². The lowest BCUT2D eigenvalue weighted by Crippen LogP contribution is -2.35. The third kappa shape index (κ3) is 7.52. The number of piperidine rings is 1. The Morgan fingerprint density at radius 2 is 1.67 bits per heavy atom. The fourth-order valence-corrected chi connectivity index (χ4v) is 5.02. The summed E-state index contributed by atoms with van der Waals surface area (Å²) in [7, 11) is 0. The van der Waals surface area contributed by atoms with Crippen LogP contribution in [-0.4, -0.2) is 41.0 Å². The molecule has 3 aromatic carbocycles. The van der Waals surface area contributed by atoms with Gasteiger partial charge in [-0.05, 0) is 98.2 Å². The van der Waals surface area contributed by atoms with Crippen molar-refractivity contribution in [3.63, 3.8) is 0 Å². The van der Waals surface area contributed by atoms with Crippen molar-refractivity contribution in [1.29, 1.82) is 0 Å². The van der Waals surface area contributed by atoms with Crippen LogP contribution in [0.3, 0.4) is 0 Å². The van der Waals surface area contributed by atoms with E-state index in [1.807, 2.05) is 75.4 Å². The number of rotatable bonds is 7. The van der Waals surface area contributed by atoms with Crippen LogP contribution in [0.15, 0.2) is 66.7 Å². The molecule has 1 unspecified atom stereocenters. The number of carbonyl (C=O) groups excluding carboxylic acids is 1. The SMILES string of the molecule is CC(C)(C)OC(=O)NCc1ccc(-c2ccc(Cl)cc2)c(C(O)C2CCN(c3ccc(C(=O)O)cc3)CC2)c1. The molecule has 3 N–H and O–H groups in total. The number of ether oxygens (including phenoxy) is 1. The zero-order valence-corrected chi connectivity index (χ0v) is 23.2. The Kier molecular flexibility index (Phi) is 8.83. The molecular formula is C31H35ClN2O5. The summed E-state index contributed by atoms with van der Waals surface area (Å²) in [4.78, 5) is 25.6. The molecule has 0 aliphatic carbocycles. The number of carboxylic acid groups (broad SMARTS) is 1. The van der Waals surface area contributed by atoms with Crippen LogP contribution in [0.1, 0.15) is 61.2 Å². The van der Waals surface area contributed by atoms with Gasteiger partial charge in [0.25, 0.3) is 0 Å².